The van der Waals surface area contributed by atoms with E-state index in [2.05, 4.69) is 12.2 Å². The van der Waals surface area contributed by atoms with Gasteiger partial charge in [0, 0.05) is 18.2 Å². The first-order chi connectivity index (χ1) is 12.5. The lowest BCUT2D eigenvalue weighted by Crippen LogP contribution is -2.40. The van der Waals surface area contributed by atoms with Gasteiger partial charge >= 0.3 is 0 Å². The van der Waals surface area contributed by atoms with Gasteiger partial charge in [0.25, 0.3) is 5.91 Å². The molecule has 1 amide bonds. The summed E-state index contributed by atoms with van der Waals surface area (Å²) in [5.41, 5.74) is 6.76. The SMILES string of the molecule is CCCCC(CN)NC(=O)c1cccc(S(=O)(=O)Cc2ccccc2)c1.Cl. The Labute approximate surface area is 167 Å². The molecule has 0 aliphatic carbocycles. The number of amides is 1. The summed E-state index contributed by atoms with van der Waals surface area (Å²) in [4.78, 5) is 12.6. The van der Waals surface area contributed by atoms with Gasteiger partial charge in [-0.1, -0.05) is 56.2 Å². The lowest BCUT2D eigenvalue weighted by molar-refractivity contribution is 0.0935. The minimum Gasteiger partial charge on any atom is -0.348 e. The summed E-state index contributed by atoms with van der Waals surface area (Å²) in [5, 5.41) is 2.89. The lowest BCUT2D eigenvalue weighted by Gasteiger charge is -2.16. The van der Waals surface area contributed by atoms with E-state index in [9.17, 15) is 13.2 Å². The zero-order valence-electron chi connectivity index (χ0n) is 15.4. The monoisotopic (exact) mass is 410 g/mol. The van der Waals surface area contributed by atoms with Crippen LogP contribution in [0.3, 0.4) is 0 Å². The standard InChI is InChI=1S/C20H26N2O3S.ClH/c1-2-3-11-18(14-21)22-20(23)17-10-7-12-19(13-17)26(24,25)15-16-8-5-4-6-9-16;/h4-10,12-13,18H,2-3,11,14-15,21H2,1H3,(H,22,23);1H. The molecule has 2 aromatic rings. The fraction of sp³-hybridized carbons (Fsp3) is 0.350. The Balaban J connectivity index is 0.00000364. The molecular weight excluding hydrogens is 384 g/mol. The number of sulfone groups is 1. The Kier molecular flexibility index (Phi) is 9.49. The van der Waals surface area contributed by atoms with Crippen molar-refractivity contribution in [2.24, 2.45) is 5.73 Å². The van der Waals surface area contributed by atoms with Crippen molar-refractivity contribution in [1.29, 1.82) is 0 Å². The molecule has 0 aliphatic heterocycles. The predicted molar refractivity (Wildman–Crippen MR) is 111 cm³/mol. The number of unbranched alkanes of at least 4 members (excludes halogenated alkanes) is 1. The summed E-state index contributed by atoms with van der Waals surface area (Å²) in [6.07, 6.45) is 2.82. The summed E-state index contributed by atoms with van der Waals surface area (Å²) in [5.74, 6) is -0.394. The van der Waals surface area contributed by atoms with Crippen LogP contribution in [0.4, 0.5) is 0 Å². The van der Waals surface area contributed by atoms with Crippen LogP contribution in [0.2, 0.25) is 0 Å². The smallest absolute Gasteiger partial charge is 0.251 e. The summed E-state index contributed by atoms with van der Waals surface area (Å²) >= 11 is 0. The van der Waals surface area contributed by atoms with Crippen LogP contribution in [-0.2, 0) is 15.6 Å². The third-order valence-electron chi connectivity index (χ3n) is 4.18. The molecule has 7 heteroatoms. The maximum absolute atomic E-state index is 12.6. The van der Waals surface area contributed by atoms with Gasteiger partial charge < -0.3 is 11.1 Å². The number of nitrogens with two attached hydrogens (primary N) is 1. The van der Waals surface area contributed by atoms with E-state index in [4.69, 9.17) is 5.73 Å². The van der Waals surface area contributed by atoms with Crippen molar-refractivity contribution >= 4 is 28.2 Å². The third kappa shape index (κ3) is 6.97. The first-order valence-electron chi connectivity index (χ1n) is 8.84. The van der Waals surface area contributed by atoms with E-state index in [1.807, 2.05) is 6.07 Å². The summed E-state index contributed by atoms with van der Waals surface area (Å²) < 4.78 is 25.3. The number of hydrogen-bond donors (Lipinski definition) is 2. The average molecular weight is 411 g/mol. The largest absolute Gasteiger partial charge is 0.348 e. The van der Waals surface area contributed by atoms with E-state index in [1.54, 1.807) is 36.4 Å². The maximum atomic E-state index is 12.6. The molecule has 0 spiro atoms. The van der Waals surface area contributed by atoms with Crippen molar-refractivity contribution in [1.82, 2.24) is 5.32 Å². The second-order valence-corrected chi connectivity index (χ2v) is 8.31. The second kappa shape index (κ2) is 11.1. The molecule has 1 atom stereocenters. The van der Waals surface area contributed by atoms with E-state index in [1.165, 1.54) is 12.1 Å². The molecule has 0 fully saturated rings. The van der Waals surface area contributed by atoms with E-state index in [0.717, 1.165) is 19.3 Å². The van der Waals surface area contributed by atoms with Crippen LogP contribution in [0, 0.1) is 0 Å². The van der Waals surface area contributed by atoms with Crippen LogP contribution in [-0.4, -0.2) is 26.9 Å². The first-order valence-corrected chi connectivity index (χ1v) is 10.5. The van der Waals surface area contributed by atoms with Crippen LogP contribution in [0.25, 0.3) is 0 Å². The highest BCUT2D eigenvalue weighted by molar-refractivity contribution is 7.90. The highest BCUT2D eigenvalue weighted by atomic mass is 35.5. The van der Waals surface area contributed by atoms with Gasteiger partial charge in [0.1, 0.15) is 0 Å². The normalized spacial score (nSPS) is 12.1. The third-order valence-corrected chi connectivity index (χ3v) is 5.87. The molecule has 0 saturated heterocycles. The van der Waals surface area contributed by atoms with Crippen molar-refractivity contribution in [2.45, 2.75) is 42.9 Å². The maximum Gasteiger partial charge on any atom is 0.251 e. The number of halogens is 1. The molecule has 2 rings (SSSR count). The quantitative estimate of drug-likeness (QED) is 0.663. The fourth-order valence-electron chi connectivity index (χ4n) is 2.68. The molecule has 27 heavy (non-hydrogen) atoms. The number of rotatable bonds is 9. The van der Waals surface area contributed by atoms with Gasteiger partial charge in [0.2, 0.25) is 0 Å². The van der Waals surface area contributed by atoms with Gasteiger partial charge in [-0.05, 0) is 30.2 Å². The molecular formula is C20H27ClN2O3S. The summed E-state index contributed by atoms with van der Waals surface area (Å²) in [7, 11) is -3.52. The van der Waals surface area contributed by atoms with E-state index >= 15 is 0 Å². The Morgan fingerprint density at radius 1 is 1.11 bits per heavy atom. The van der Waals surface area contributed by atoms with Gasteiger partial charge in [-0.3, -0.25) is 4.79 Å². The molecule has 0 radical (unpaired) electrons. The highest BCUT2D eigenvalue weighted by Crippen LogP contribution is 2.18. The van der Waals surface area contributed by atoms with Crippen molar-refractivity contribution in [3.8, 4) is 0 Å². The molecule has 2 aromatic carbocycles. The predicted octanol–water partition coefficient (Wildman–Crippen LogP) is 3.33. The molecule has 0 aromatic heterocycles. The zero-order chi connectivity index (χ0) is 19.0. The van der Waals surface area contributed by atoms with Crippen molar-refractivity contribution in [2.75, 3.05) is 6.54 Å². The Hall–Kier alpha value is -1.89. The molecule has 0 heterocycles. The van der Waals surface area contributed by atoms with E-state index < -0.39 is 9.84 Å². The molecule has 148 valence electrons. The topological polar surface area (TPSA) is 89.3 Å². The minimum absolute atomic E-state index is 0. The van der Waals surface area contributed by atoms with Crippen LogP contribution < -0.4 is 11.1 Å². The molecule has 1 unspecified atom stereocenters. The van der Waals surface area contributed by atoms with Crippen LogP contribution >= 0.6 is 12.4 Å². The van der Waals surface area contributed by atoms with Gasteiger partial charge in [0.05, 0.1) is 10.6 Å². The fourth-order valence-corrected chi connectivity index (χ4v) is 4.07. The first kappa shape index (κ1) is 23.1. The molecule has 0 saturated carbocycles. The van der Waals surface area contributed by atoms with Crippen LogP contribution in [0.15, 0.2) is 59.5 Å². The van der Waals surface area contributed by atoms with Crippen LogP contribution in [0.5, 0.6) is 0 Å². The van der Waals surface area contributed by atoms with Crippen molar-refractivity contribution in [3.05, 3.63) is 65.7 Å². The highest BCUT2D eigenvalue weighted by Gasteiger charge is 2.18. The zero-order valence-corrected chi connectivity index (χ0v) is 17.1. The molecule has 0 bridgehead atoms. The molecule has 3 N–H and O–H groups in total. The second-order valence-electron chi connectivity index (χ2n) is 6.32. The Morgan fingerprint density at radius 3 is 2.44 bits per heavy atom. The number of hydrogen-bond acceptors (Lipinski definition) is 4. The number of carbonyl (C=O) groups excluding carboxylic acids is 1. The van der Waals surface area contributed by atoms with Gasteiger partial charge in [-0.15, -0.1) is 12.4 Å². The van der Waals surface area contributed by atoms with Gasteiger partial charge in [0.15, 0.2) is 9.84 Å². The van der Waals surface area contributed by atoms with E-state index in [-0.39, 0.29) is 35.0 Å². The number of benzene rings is 2. The Morgan fingerprint density at radius 2 is 1.81 bits per heavy atom. The van der Waals surface area contributed by atoms with Crippen molar-refractivity contribution in [3.63, 3.8) is 0 Å². The van der Waals surface area contributed by atoms with Gasteiger partial charge in [-0.2, -0.15) is 0 Å². The summed E-state index contributed by atoms with van der Waals surface area (Å²) in [6, 6.07) is 15.0. The number of nitrogens with one attached hydrogen (secondary N) is 1. The van der Waals surface area contributed by atoms with Gasteiger partial charge in [-0.25, -0.2) is 8.42 Å². The number of carbonyl (C=O) groups is 1. The molecule has 0 aliphatic rings. The lowest BCUT2D eigenvalue weighted by atomic mass is 10.1. The van der Waals surface area contributed by atoms with Crippen LogP contribution in [0.1, 0.15) is 42.1 Å². The minimum atomic E-state index is -3.52. The molecule has 5 nitrogen and oxygen atoms in total. The van der Waals surface area contributed by atoms with Crippen molar-refractivity contribution < 1.29 is 13.2 Å². The van der Waals surface area contributed by atoms with E-state index in [0.29, 0.717) is 17.7 Å². The Bertz CT molecular complexity index is 826. The average Bonchev–Trinajstić information content (AvgIpc) is 2.65. The summed E-state index contributed by atoms with van der Waals surface area (Å²) in [6.45, 7) is 2.44.